The number of aromatic nitrogens is 4. The van der Waals surface area contributed by atoms with Gasteiger partial charge in [0.25, 0.3) is 5.56 Å². The minimum absolute atomic E-state index is 0.0466. The number of hydrogen-bond donors (Lipinski definition) is 3. The van der Waals surface area contributed by atoms with Crippen LogP contribution in [0.2, 0.25) is 0 Å². The van der Waals surface area contributed by atoms with Gasteiger partial charge in [-0.25, -0.2) is 10.2 Å². The number of nitrogens with one attached hydrogen (secondary N) is 2. The number of H-pyrrole nitrogens is 1. The number of aryl methyl sites for hydroxylation is 1. The Kier molecular flexibility index (Phi) is 5.27. The van der Waals surface area contributed by atoms with Gasteiger partial charge in [0, 0.05) is 7.05 Å². The van der Waals surface area contributed by atoms with E-state index < -0.39 is 17.4 Å². The van der Waals surface area contributed by atoms with E-state index in [0.717, 1.165) is 5.56 Å². The summed E-state index contributed by atoms with van der Waals surface area (Å²) in [5.41, 5.74) is 3.61. The van der Waals surface area contributed by atoms with E-state index >= 15 is 0 Å². The molecule has 0 bridgehead atoms. The van der Waals surface area contributed by atoms with Crippen molar-refractivity contribution in [3.8, 4) is 0 Å². The molecule has 0 radical (unpaired) electrons. The number of hydrazone groups is 1. The number of rotatable bonds is 6. The van der Waals surface area contributed by atoms with Gasteiger partial charge in [-0.3, -0.25) is 18.9 Å². The highest BCUT2D eigenvalue weighted by atomic mass is 16.3. The van der Waals surface area contributed by atoms with Crippen LogP contribution in [0.1, 0.15) is 17.2 Å². The second-order valence-corrected chi connectivity index (χ2v) is 6.74. The summed E-state index contributed by atoms with van der Waals surface area (Å²) in [4.78, 5) is 31.2. The van der Waals surface area contributed by atoms with E-state index in [9.17, 15) is 14.7 Å². The average Bonchev–Trinajstić information content (AvgIpc) is 3.12. The molecule has 3 N–H and O–H groups in total. The molecule has 4 aromatic rings. The second kappa shape index (κ2) is 8.18. The summed E-state index contributed by atoms with van der Waals surface area (Å²) in [6, 6.07) is 18.6. The molecule has 2 aromatic heterocycles. The van der Waals surface area contributed by atoms with E-state index in [1.807, 2.05) is 48.5 Å². The van der Waals surface area contributed by atoms with Gasteiger partial charge in [-0.1, -0.05) is 60.7 Å². The molecule has 1 atom stereocenters. The van der Waals surface area contributed by atoms with Gasteiger partial charge in [0.05, 0.1) is 18.9 Å². The first-order valence-corrected chi connectivity index (χ1v) is 9.31. The monoisotopic (exact) mass is 404 g/mol. The van der Waals surface area contributed by atoms with Crippen molar-refractivity contribution >= 4 is 23.3 Å². The fourth-order valence-corrected chi connectivity index (χ4v) is 3.15. The molecule has 152 valence electrons. The van der Waals surface area contributed by atoms with E-state index in [1.54, 1.807) is 18.3 Å². The van der Waals surface area contributed by atoms with Gasteiger partial charge in [0.15, 0.2) is 11.2 Å². The first kappa shape index (κ1) is 19.3. The first-order chi connectivity index (χ1) is 14.5. The lowest BCUT2D eigenvalue weighted by Gasteiger charge is -2.14. The molecule has 0 amide bonds. The third-order valence-corrected chi connectivity index (χ3v) is 4.72. The maximum Gasteiger partial charge on any atom is 0.329 e. The predicted octanol–water partition coefficient (Wildman–Crippen LogP) is 1.60. The molecule has 0 fully saturated rings. The SMILES string of the molecule is Cn1c(=O)[nH]c(=O)c2c1nc(N/N=C\c1ccccc1)n2C[C@H](O)c1ccccc1. The summed E-state index contributed by atoms with van der Waals surface area (Å²) >= 11 is 0. The lowest BCUT2D eigenvalue weighted by molar-refractivity contribution is 0.158. The van der Waals surface area contributed by atoms with Gasteiger partial charge >= 0.3 is 5.69 Å². The van der Waals surface area contributed by atoms with Crippen LogP contribution in [0, 0.1) is 0 Å². The molecule has 30 heavy (non-hydrogen) atoms. The molecule has 0 aliphatic heterocycles. The van der Waals surface area contributed by atoms with Crippen LogP contribution >= 0.6 is 0 Å². The van der Waals surface area contributed by atoms with Crippen LogP contribution in [0.3, 0.4) is 0 Å². The molecule has 2 heterocycles. The lowest BCUT2D eigenvalue weighted by atomic mass is 10.1. The number of aliphatic hydroxyl groups is 1. The van der Waals surface area contributed by atoms with Crippen molar-refractivity contribution < 1.29 is 5.11 Å². The number of nitrogens with zero attached hydrogens (tertiary/aromatic N) is 4. The molecule has 0 unspecified atom stereocenters. The number of fused-ring (bicyclic) bond motifs is 1. The zero-order valence-corrected chi connectivity index (χ0v) is 16.2. The van der Waals surface area contributed by atoms with E-state index in [4.69, 9.17) is 0 Å². The highest BCUT2D eigenvalue weighted by Crippen LogP contribution is 2.21. The van der Waals surface area contributed by atoms with Gasteiger partial charge < -0.3 is 5.11 Å². The Morgan fingerprint density at radius 2 is 1.80 bits per heavy atom. The molecular weight excluding hydrogens is 384 g/mol. The predicted molar refractivity (Wildman–Crippen MR) is 115 cm³/mol. The summed E-state index contributed by atoms with van der Waals surface area (Å²) in [5.74, 6) is 0.235. The highest BCUT2D eigenvalue weighted by Gasteiger charge is 2.20. The molecule has 2 aromatic carbocycles. The third kappa shape index (κ3) is 3.78. The number of aromatic amines is 1. The zero-order chi connectivity index (χ0) is 21.1. The second-order valence-electron chi connectivity index (χ2n) is 6.74. The van der Waals surface area contributed by atoms with Gasteiger partial charge in [-0.05, 0) is 11.1 Å². The lowest BCUT2D eigenvalue weighted by Crippen LogP contribution is -2.29. The van der Waals surface area contributed by atoms with Gasteiger partial charge in [0.2, 0.25) is 5.95 Å². The number of imidazole rings is 1. The number of anilines is 1. The maximum absolute atomic E-state index is 12.5. The Bertz CT molecular complexity index is 1310. The Hall–Kier alpha value is -3.98. The first-order valence-electron chi connectivity index (χ1n) is 9.31. The molecule has 0 aliphatic carbocycles. The Balaban J connectivity index is 1.76. The van der Waals surface area contributed by atoms with E-state index in [1.165, 1.54) is 16.2 Å². The van der Waals surface area contributed by atoms with Crippen LogP contribution in [0.4, 0.5) is 5.95 Å². The maximum atomic E-state index is 12.5. The molecule has 0 spiro atoms. The van der Waals surface area contributed by atoms with Crippen LogP contribution < -0.4 is 16.7 Å². The summed E-state index contributed by atoms with van der Waals surface area (Å²) in [7, 11) is 1.52. The Morgan fingerprint density at radius 3 is 2.50 bits per heavy atom. The average molecular weight is 404 g/mol. The van der Waals surface area contributed by atoms with Crippen LogP contribution in [0.25, 0.3) is 11.2 Å². The van der Waals surface area contributed by atoms with Gasteiger partial charge in [0.1, 0.15) is 0 Å². The van der Waals surface area contributed by atoms with Crippen LogP contribution in [0.5, 0.6) is 0 Å². The smallest absolute Gasteiger partial charge is 0.329 e. The highest BCUT2D eigenvalue weighted by molar-refractivity contribution is 5.80. The summed E-state index contributed by atoms with van der Waals surface area (Å²) < 4.78 is 2.77. The van der Waals surface area contributed by atoms with Crippen molar-refractivity contribution in [3.05, 3.63) is 92.6 Å². The number of hydrogen-bond acceptors (Lipinski definition) is 6. The minimum atomic E-state index is -0.890. The fourth-order valence-electron chi connectivity index (χ4n) is 3.15. The molecule has 9 heteroatoms. The molecule has 4 rings (SSSR count). The summed E-state index contributed by atoms with van der Waals surface area (Å²) in [6.07, 6.45) is 0.722. The fraction of sp³-hybridized carbons (Fsp3) is 0.143. The summed E-state index contributed by atoms with van der Waals surface area (Å²) in [5, 5.41) is 14.9. The standard InChI is InChI=1S/C21H20N6O3/c1-26-18-17(19(29)24-21(26)30)27(13-16(28)15-10-6-3-7-11-15)20(23-18)25-22-12-14-8-4-2-5-9-14/h2-12,16,28H,13H2,1H3,(H,23,25)(H,24,29,30)/b22-12-/t16-/m0/s1. The van der Waals surface area contributed by atoms with E-state index in [0.29, 0.717) is 5.56 Å². The number of benzene rings is 2. The topological polar surface area (TPSA) is 117 Å². The minimum Gasteiger partial charge on any atom is -0.387 e. The number of aliphatic hydroxyl groups excluding tert-OH is 1. The quantitative estimate of drug-likeness (QED) is 0.333. The van der Waals surface area contributed by atoms with Crippen LogP contribution in [-0.4, -0.2) is 30.4 Å². The van der Waals surface area contributed by atoms with Crippen molar-refractivity contribution in [3.63, 3.8) is 0 Å². The van der Waals surface area contributed by atoms with E-state index in [2.05, 4.69) is 20.5 Å². The van der Waals surface area contributed by atoms with Crippen LogP contribution in [0.15, 0.2) is 75.4 Å². The third-order valence-electron chi connectivity index (χ3n) is 4.72. The normalized spacial score (nSPS) is 12.5. The van der Waals surface area contributed by atoms with Crippen molar-refractivity contribution in [2.24, 2.45) is 12.1 Å². The molecule has 9 nitrogen and oxygen atoms in total. The van der Waals surface area contributed by atoms with Crippen molar-refractivity contribution in [1.82, 2.24) is 19.1 Å². The molecule has 0 aliphatic rings. The van der Waals surface area contributed by atoms with Gasteiger partial charge in [-0.2, -0.15) is 10.1 Å². The van der Waals surface area contributed by atoms with Crippen LogP contribution in [-0.2, 0) is 13.6 Å². The van der Waals surface area contributed by atoms with Crippen molar-refractivity contribution in [2.75, 3.05) is 5.43 Å². The van der Waals surface area contributed by atoms with Crippen molar-refractivity contribution in [1.29, 1.82) is 0 Å². The zero-order valence-electron chi connectivity index (χ0n) is 16.2. The van der Waals surface area contributed by atoms with E-state index in [-0.39, 0.29) is 23.7 Å². The largest absolute Gasteiger partial charge is 0.387 e. The summed E-state index contributed by atoms with van der Waals surface area (Å²) in [6.45, 7) is 0.0466. The van der Waals surface area contributed by atoms with Crippen molar-refractivity contribution in [2.45, 2.75) is 12.6 Å². The molecule has 0 saturated heterocycles. The molecule has 0 saturated carbocycles. The molecular formula is C21H20N6O3. The van der Waals surface area contributed by atoms with Gasteiger partial charge in [-0.15, -0.1) is 0 Å². The Labute approximate surface area is 171 Å². The Morgan fingerprint density at radius 1 is 1.13 bits per heavy atom.